The quantitative estimate of drug-likeness (QED) is 0.808. The molecule has 86 valence electrons. The van der Waals surface area contributed by atoms with Crippen LogP contribution in [-0.4, -0.2) is 25.1 Å². The molecule has 0 saturated heterocycles. The molecule has 1 heterocycles. The van der Waals surface area contributed by atoms with Gasteiger partial charge in [-0.15, -0.1) is 11.3 Å². The highest BCUT2D eigenvalue weighted by molar-refractivity contribution is 7.15. The Morgan fingerprint density at radius 1 is 1.53 bits per heavy atom. The molecule has 0 atom stereocenters. The Bertz CT molecular complexity index is 283. The van der Waals surface area contributed by atoms with Gasteiger partial charge in [0.1, 0.15) is 0 Å². The molecule has 3 nitrogen and oxygen atoms in total. The Balaban J connectivity index is 2.39. The predicted octanol–water partition coefficient (Wildman–Crippen LogP) is 2.34. The number of hydrogen-bond acceptors (Lipinski definition) is 4. The topological polar surface area (TPSA) is 28.2 Å². The molecule has 1 N–H and O–H groups in total. The first-order chi connectivity index (χ1) is 7.13. The molecule has 0 aliphatic heterocycles. The summed E-state index contributed by atoms with van der Waals surface area (Å²) in [5, 5.41) is 4.53. The Hall–Kier alpha value is -0.610. The summed E-state index contributed by atoms with van der Waals surface area (Å²) in [4.78, 5) is 7.86. The third-order valence-corrected chi connectivity index (χ3v) is 3.31. The van der Waals surface area contributed by atoms with Crippen molar-refractivity contribution < 1.29 is 0 Å². The highest BCUT2D eigenvalue weighted by Gasteiger charge is 2.04. The molecule has 0 bridgehead atoms. The van der Waals surface area contributed by atoms with Crippen LogP contribution < -0.4 is 10.2 Å². The Labute approximate surface area is 96.5 Å². The lowest BCUT2D eigenvalue weighted by Crippen LogP contribution is -2.18. The van der Waals surface area contributed by atoms with Crippen molar-refractivity contribution in [3.8, 4) is 0 Å². The van der Waals surface area contributed by atoms with Crippen molar-refractivity contribution in [1.82, 2.24) is 10.3 Å². The molecule has 0 unspecified atom stereocenters. The van der Waals surface area contributed by atoms with Gasteiger partial charge in [-0.05, 0) is 19.4 Å². The van der Waals surface area contributed by atoms with Crippen molar-refractivity contribution >= 4 is 16.5 Å². The van der Waals surface area contributed by atoms with Crippen LogP contribution in [0.4, 0.5) is 5.13 Å². The number of rotatable bonds is 6. The Morgan fingerprint density at radius 2 is 2.27 bits per heavy atom. The molecule has 0 spiro atoms. The molecule has 1 aromatic rings. The molecular formula is C11H21N3S. The second-order valence-corrected chi connectivity index (χ2v) is 5.24. The van der Waals surface area contributed by atoms with Crippen LogP contribution in [0.3, 0.4) is 0 Å². The van der Waals surface area contributed by atoms with Gasteiger partial charge in [0.05, 0.1) is 0 Å². The van der Waals surface area contributed by atoms with Crippen LogP contribution >= 0.6 is 11.3 Å². The van der Waals surface area contributed by atoms with Gasteiger partial charge >= 0.3 is 0 Å². The molecule has 0 aliphatic rings. The fourth-order valence-electron chi connectivity index (χ4n) is 1.17. The van der Waals surface area contributed by atoms with E-state index in [2.05, 4.69) is 43.0 Å². The fraction of sp³-hybridized carbons (Fsp3) is 0.727. The normalized spacial score (nSPS) is 11.0. The number of anilines is 1. The molecule has 0 aromatic carbocycles. The number of nitrogens with zero attached hydrogens (tertiary/aromatic N) is 2. The number of nitrogens with one attached hydrogen (secondary N) is 1. The molecule has 15 heavy (non-hydrogen) atoms. The SMILES string of the molecule is CCN(C)c1ncc(CNCC(C)C)s1. The molecule has 0 aliphatic carbocycles. The molecular weight excluding hydrogens is 206 g/mol. The van der Waals surface area contributed by atoms with E-state index in [0.717, 1.165) is 24.8 Å². The second kappa shape index (κ2) is 6.08. The van der Waals surface area contributed by atoms with Crippen molar-refractivity contribution in [3.63, 3.8) is 0 Å². The summed E-state index contributed by atoms with van der Waals surface area (Å²) in [7, 11) is 2.07. The van der Waals surface area contributed by atoms with Gasteiger partial charge in [-0.3, -0.25) is 0 Å². The molecule has 4 heteroatoms. The molecule has 0 saturated carbocycles. The summed E-state index contributed by atoms with van der Waals surface area (Å²) in [6.45, 7) is 9.58. The molecule has 0 fully saturated rings. The first-order valence-electron chi connectivity index (χ1n) is 5.50. The monoisotopic (exact) mass is 227 g/mol. The summed E-state index contributed by atoms with van der Waals surface area (Å²) < 4.78 is 0. The molecule has 0 amide bonds. The van der Waals surface area contributed by atoms with E-state index in [-0.39, 0.29) is 0 Å². The number of hydrogen-bond donors (Lipinski definition) is 1. The number of aromatic nitrogens is 1. The summed E-state index contributed by atoms with van der Waals surface area (Å²) in [5.74, 6) is 0.704. The van der Waals surface area contributed by atoms with Gasteiger partial charge in [-0.25, -0.2) is 4.98 Å². The van der Waals surface area contributed by atoms with E-state index in [1.54, 1.807) is 11.3 Å². The lowest BCUT2D eigenvalue weighted by Gasteiger charge is -2.11. The maximum atomic E-state index is 4.39. The van der Waals surface area contributed by atoms with Gasteiger partial charge in [0.25, 0.3) is 0 Å². The largest absolute Gasteiger partial charge is 0.351 e. The smallest absolute Gasteiger partial charge is 0.185 e. The maximum absolute atomic E-state index is 4.39. The molecule has 1 aromatic heterocycles. The van der Waals surface area contributed by atoms with E-state index < -0.39 is 0 Å². The Morgan fingerprint density at radius 3 is 2.87 bits per heavy atom. The van der Waals surface area contributed by atoms with E-state index in [1.807, 2.05) is 6.20 Å². The van der Waals surface area contributed by atoms with Crippen LogP contribution in [0, 0.1) is 5.92 Å². The van der Waals surface area contributed by atoms with Gasteiger partial charge in [0.15, 0.2) is 5.13 Å². The number of thiazole rings is 1. The highest BCUT2D eigenvalue weighted by atomic mass is 32.1. The van der Waals surface area contributed by atoms with Crippen molar-refractivity contribution in [1.29, 1.82) is 0 Å². The van der Waals surface area contributed by atoms with Crippen LogP contribution in [0.1, 0.15) is 25.6 Å². The summed E-state index contributed by atoms with van der Waals surface area (Å²) in [5.41, 5.74) is 0. The van der Waals surface area contributed by atoms with E-state index in [0.29, 0.717) is 5.92 Å². The van der Waals surface area contributed by atoms with E-state index in [9.17, 15) is 0 Å². The zero-order valence-electron chi connectivity index (χ0n) is 10.1. The van der Waals surface area contributed by atoms with Gasteiger partial charge in [0, 0.05) is 31.2 Å². The van der Waals surface area contributed by atoms with E-state index >= 15 is 0 Å². The Kier molecular flexibility index (Phi) is 5.05. The minimum atomic E-state index is 0.704. The summed E-state index contributed by atoms with van der Waals surface area (Å²) in [6, 6.07) is 0. The van der Waals surface area contributed by atoms with Crippen LogP contribution in [0.2, 0.25) is 0 Å². The standard InChI is InChI=1S/C11H21N3S/c1-5-14(4)11-13-8-10(15-11)7-12-6-9(2)3/h8-9,12H,5-7H2,1-4H3. The second-order valence-electron chi connectivity index (χ2n) is 4.15. The van der Waals surface area contributed by atoms with Crippen LogP contribution in [0.5, 0.6) is 0 Å². The van der Waals surface area contributed by atoms with Crippen LogP contribution in [0.25, 0.3) is 0 Å². The van der Waals surface area contributed by atoms with Gasteiger partial charge in [0.2, 0.25) is 0 Å². The van der Waals surface area contributed by atoms with Gasteiger partial charge in [-0.2, -0.15) is 0 Å². The average molecular weight is 227 g/mol. The van der Waals surface area contributed by atoms with E-state index in [1.165, 1.54) is 4.88 Å². The fourth-order valence-corrected chi connectivity index (χ4v) is 2.08. The van der Waals surface area contributed by atoms with Crippen molar-refractivity contribution in [3.05, 3.63) is 11.1 Å². The van der Waals surface area contributed by atoms with E-state index in [4.69, 9.17) is 0 Å². The van der Waals surface area contributed by atoms with Crippen LogP contribution in [-0.2, 0) is 6.54 Å². The highest BCUT2D eigenvalue weighted by Crippen LogP contribution is 2.20. The minimum Gasteiger partial charge on any atom is -0.351 e. The molecule has 0 radical (unpaired) electrons. The van der Waals surface area contributed by atoms with Crippen molar-refractivity contribution in [2.24, 2.45) is 5.92 Å². The van der Waals surface area contributed by atoms with Gasteiger partial charge < -0.3 is 10.2 Å². The minimum absolute atomic E-state index is 0.704. The van der Waals surface area contributed by atoms with Crippen LogP contribution in [0.15, 0.2) is 6.20 Å². The van der Waals surface area contributed by atoms with Crippen molar-refractivity contribution in [2.45, 2.75) is 27.3 Å². The third kappa shape index (κ3) is 4.18. The summed E-state index contributed by atoms with van der Waals surface area (Å²) >= 11 is 1.77. The lowest BCUT2D eigenvalue weighted by atomic mass is 10.2. The molecule has 1 rings (SSSR count). The average Bonchev–Trinajstić information content (AvgIpc) is 2.65. The first-order valence-corrected chi connectivity index (χ1v) is 6.31. The van der Waals surface area contributed by atoms with Gasteiger partial charge in [-0.1, -0.05) is 13.8 Å². The predicted molar refractivity (Wildman–Crippen MR) is 67.6 cm³/mol. The first kappa shape index (κ1) is 12.5. The summed E-state index contributed by atoms with van der Waals surface area (Å²) in [6.07, 6.45) is 1.97. The zero-order chi connectivity index (χ0) is 11.3. The zero-order valence-corrected chi connectivity index (χ0v) is 10.9. The third-order valence-electron chi connectivity index (χ3n) is 2.19. The maximum Gasteiger partial charge on any atom is 0.185 e. The van der Waals surface area contributed by atoms with Crippen molar-refractivity contribution in [2.75, 3.05) is 25.0 Å². The lowest BCUT2D eigenvalue weighted by molar-refractivity contribution is 0.554.